The Morgan fingerprint density at radius 1 is 0.968 bits per heavy atom. The van der Waals surface area contributed by atoms with Gasteiger partial charge >= 0.3 is 0 Å². The van der Waals surface area contributed by atoms with E-state index in [0.29, 0.717) is 19.6 Å². The van der Waals surface area contributed by atoms with Crippen LogP contribution in [0.3, 0.4) is 0 Å². The van der Waals surface area contributed by atoms with E-state index in [4.69, 9.17) is 0 Å². The second kappa shape index (κ2) is 9.91. The molecular formula is C22H27N7OS. The van der Waals surface area contributed by atoms with Crippen molar-refractivity contribution in [1.82, 2.24) is 29.4 Å². The van der Waals surface area contributed by atoms with Crippen LogP contribution >= 0.6 is 11.8 Å². The summed E-state index contributed by atoms with van der Waals surface area (Å²) in [5.74, 6) is 1.08. The van der Waals surface area contributed by atoms with E-state index in [0.717, 1.165) is 29.9 Å². The highest BCUT2D eigenvalue weighted by Gasteiger charge is 2.32. The van der Waals surface area contributed by atoms with Crippen LogP contribution in [0.2, 0.25) is 0 Å². The topological polar surface area (TPSA) is 80.0 Å². The van der Waals surface area contributed by atoms with Crippen molar-refractivity contribution in [3.05, 3.63) is 60.9 Å². The molecule has 1 fully saturated rings. The number of nitrogens with zero attached hydrogens (tertiary/aromatic N) is 7. The number of thioether (sulfide) groups is 1. The Kier molecular flexibility index (Phi) is 6.81. The normalized spacial score (nSPS) is 15.3. The molecule has 0 unspecified atom stereocenters. The molecule has 0 aromatic carbocycles. The SMILES string of the molecule is CC(C)[C@H](Sc1nccn1Cc1ccccn1)C(=O)N1CCN(c2ncccn2)CC1. The van der Waals surface area contributed by atoms with Gasteiger partial charge in [0.1, 0.15) is 0 Å². The van der Waals surface area contributed by atoms with Gasteiger partial charge in [-0.3, -0.25) is 9.78 Å². The van der Waals surface area contributed by atoms with Crippen molar-refractivity contribution < 1.29 is 4.79 Å². The summed E-state index contributed by atoms with van der Waals surface area (Å²) in [6, 6.07) is 7.69. The molecule has 8 nitrogen and oxygen atoms in total. The highest BCUT2D eigenvalue weighted by atomic mass is 32.2. The summed E-state index contributed by atoms with van der Waals surface area (Å²) in [7, 11) is 0. The van der Waals surface area contributed by atoms with E-state index in [1.807, 2.05) is 35.4 Å². The van der Waals surface area contributed by atoms with Crippen molar-refractivity contribution >= 4 is 23.6 Å². The third-order valence-electron chi connectivity index (χ3n) is 5.24. The van der Waals surface area contributed by atoms with E-state index in [1.165, 1.54) is 0 Å². The number of pyridine rings is 1. The zero-order valence-electron chi connectivity index (χ0n) is 17.8. The third kappa shape index (κ3) is 5.22. The molecule has 0 radical (unpaired) electrons. The van der Waals surface area contributed by atoms with Gasteiger partial charge in [0.25, 0.3) is 0 Å². The van der Waals surface area contributed by atoms with Crippen LogP contribution in [0, 0.1) is 5.92 Å². The molecular weight excluding hydrogens is 410 g/mol. The predicted molar refractivity (Wildman–Crippen MR) is 121 cm³/mol. The first-order valence-corrected chi connectivity index (χ1v) is 11.4. The van der Waals surface area contributed by atoms with E-state index in [2.05, 4.69) is 43.3 Å². The lowest BCUT2D eigenvalue weighted by Crippen LogP contribution is -2.52. The minimum Gasteiger partial charge on any atom is -0.338 e. The molecule has 0 bridgehead atoms. The zero-order valence-corrected chi connectivity index (χ0v) is 18.6. The minimum atomic E-state index is -0.190. The first-order chi connectivity index (χ1) is 15.1. The number of carbonyl (C=O) groups is 1. The molecule has 1 amide bonds. The second-order valence-electron chi connectivity index (χ2n) is 7.80. The van der Waals surface area contributed by atoms with E-state index in [1.54, 1.807) is 36.5 Å². The molecule has 9 heteroatoms. The van der Waals surface area contributed by atoms with E-state index >= 15 is 0 Å². The highest BCUT2D eigenvalue weighted by molar-refractivity contribution is 8.00. The van der Waals surface area contributed by atoms with Gasteiger partial charge in [0.2, 0.25) is 11.9 Å². The van der Waals surface area contributed by atoms with Crippen molar-refractivity contribution in [3.63, 3.8) is 0 Å². The quantitative estimate of drug-likeness (QED) is 0.526. The summed E-state index contributed by atoms with van der Waals surface area (Å²) in [5.41, 5.74) is 0.967. The summed E-state index contributed by atoms with van der Waals surface area (Å²) >= 11 is 1.54. The number of imidazole rings is 1. The number of anilines is 1. The number of amides is 1. The van der Waals surface area contributed by atoms with Gasteiger partial charge in [0.05, 0.1) is 17.5 Å². The third-order valence-corrected chi connectivity index (χ3v) is 6.79. The maximum atomic E-state index is 13.4. The molecule has 0 spiro atoms. The summed E-state index contributed by atoms with van der Waals surface area (Å²) in [6.07, 6.45) is 9.01. The summed E-state index contributed by atoms with van der Waals surface area (Å²) in [5, 5.41) is 0.651. The van der Waals surface area contributed by atoms with E-state index < -0.39 is 0 Å². The Morgan fingerprint density at radius 3 is 2.39 bits per heavy atom. The number of aromatic nitrogens is 5. The molecule has 3 aromatic heterocycles. The Morgan fingerprint density at radius 2 is 1.71 bits per heavy atom. The summed E-state index contributed by atoms with van der Waals surface area (Å²) in [6.45, 7) is 7.63. The first kappa shape index (κ1) is 21.3. The number of carbonyl (C=O) groups excluding carboxylic acids is 1. The molecule has 1 saturated heterocycles. The average molecular weight is 438 g/mol. The predicted octanol–water partition coefficient (Wildman–Crippen LogP) is 2.58. The first-order valence-electron chi connectivity index (χ1n) is 10.5. The lowest BCUT2D eigenvalue weighted by atomic mass is 10.1. The Bertz CT molecular complexity index is 972. The number of hydrogen-bond acceptors (Lipinski definition) is 7. The van der Waals surface area contributed by atoms with Crippen LogP contribution < -0.4 is 4.90 Å². The van der Waals surface area contributed by atoms with Crippen molar-refractivity contribution in [2.45, 2.75) is 30.8 Å². The molecule has 1 aliphatic rings. The fourth-order valence-electron chi connectivity index (χ4n) is 3.55. The molecule has 162 valence electrons. The second-order valence-corrected chi connectivity index (χ2v) is 8.91. The standard InChI is InChI=1S/C22H27N7OS/c1-17(2)19(31-22-26-10-11-29(22)16-18-6-3-4-7-23-18)20(30)27-12-14-28(15-13-27)21-24-8-5-9-25-21/h3-11,17,19H,12-16H2,1-2H3/t19-/m0/s1. The Balaban J connectivity index is 1.41. The largest absolute Gasteiger partial charge is 0.338 e. The van der Waals surface area contributed by atoms with Gasteiger partial charge in [0, 0.05) is 57.2 Å². The van der Waals surface area contributed by atoms with Crippen LogP contribution in [0.4, 0.5) is 5.95 Å². The zero-order chi connectivity index (χ0) is 21.6. The van der Waals surface area contributed by atoms with Crippen LogP contribution in [-0.4, -0.2) is 66.7 Å². The molecule has 1 atom stereocenters. The van der Waals surface area contributed by atoms with E-state index in [9.17, 15) is 4.79 Å². The van der Waals surface area contributed by atoms with Crippen LogP contribution in [0.25, 0.3) is 0 Å². The Labute approximate surface area is 186 Å². The molecule has 4 heterocycles. The molecule has 0 saturated carbocycles. The molecule has 31 heavy (non-hydrogen) atoms. The van der Waals surface area contributed by atoms with Gasteiger partial charge in [-0.2, -0.15) is 0 Å². The van der Waals surface area contributed by atoms with Crippen molar-refractivity contribution in [2.75, 3.05) is 31.1 Å². The van der Waals surface area contributed by atoms with Gasteiger partial charge in [-0.1, -0.05) is 31.7 Å². The number of rotatable bonds is 7. The highest BCUT2D eigenvalue weighted by Crippen LogP contribution is 2.29. The number of hydrogen-bond donors (Lipinski definition) is 0. The molecule has 3 aromatic rings. The molecule has 0 N–H and O–H groups in total. The van der Waals surface area contributed by atoms with Gasteiger partial charge in [-0.05, 0) is 24.1 Å². The van der Waals surface area contributed by atoms with E-state index in [-0.39, 0.29) is 17.1 Å². The van der Waals surface area contributed by atoms with Gasteiger partial charge < -0.3 is 14.4 Å². The monoisotopic (exact) mass is 437 g/mol. The van der Waals surface area contributed by atoms with Crippen molar-refractivity contribution in [3.8, 4) is 0 Å². The van der Waals surface area contributed by atoms with Crippen molar-refractivity contribution in [1.29, 1.82) is 0 Å². The van der Waals surface area contributed by atoms with Gasteiger partial charge in [-0.15, -0.1) is 0 Å². The fraction of sp³-hybridized carbons (Fsp3) is 0.409. The lowest BCUT2D eigenvalue weighted by molar-refractivity contribution is -0.131. The average Bonchev–Trinajstić information content (AvgIpc) is 3.25. The molecule has 1 aliphatic heterocycles. The number of piperazine rings is 1. The van der Waals surface area contributed by atoms with Gasteiger partial charge in [0.15, 0.2) is 5.16 Å². The van der Waals surface area contributed by atoms with Crippen LogP contribution in [0.15, 0.2) is 60.4 Å². The smallest absolute Gasteiger partial charge is 0.236 e. The maximum absolute atomic E-state index is 13.4. The maximum Gasteiger partial charge on any atom is 0.236 e. The minimum absolute atomic E-state index is 0.168. The van der Waals surface area contributed by atoms with Crippen molar-refractivity contribution in [2.24, 2.45) is 5.92 Å². The fourth-order valence-corrected chi connectivity index (χ4v) is 4.68. The molecule has 4 rings (SSSR count). The van der Waals surface area contributed by atoms with Crippen LogP contribution in [0.1, 0.15) is 19.5 Å². The lowest BCUT2D eigenvalue weighted by Gasteiger charge is -2.36. The molecule has 0 aliphatic carbocycles. The van der Waals surface area contributed by atoms with Crippen LogP contribution in [-0.2, 0) is 11.3 Å². The van der Waals surface area contributed by atoms with Crippen LogP contribution in [0.5, 0.6) is 0 Å². The summed E-state index contributed by atoms with van der Waals surface area (Å²) < 4.78 is 2.06. The summed E-state index contributed by atoms with van der Waals surface area (Å²) in [4.78, 5) is 35.0. The van der Waals surface area contributed by atoms with Gasteiger partial charge in [-0.25, -0.2) is 15.0 Å². The Hall–Kier alpha value is -2.94.